The van der Waals surface area contributed by atoms with Crippen LogP contribution in [0, 0.1) is 0 Å². The maximum absolute atomic E-state index is 12.1. The number of ether oxygens (including phenoxy) is 2. The first-order valence-corrected chi connectivity index (χ1v) is 8.15. The Morgan fingerprint density at radius 3 is 2.69 bits per heavy atom. The van der Waals surface area contributed by atoms with Crippen LogP contribution in [0.15, 0.2) is 45.5 Å². The number of hydrogen-bond donors (Lipinski definition) is 1. The fourth-order valence-corrected chi connectivity index (χ4v) is 2.26. The van der Waals surface area contributed by atoms with Crippen molar-refractivity contribution in [3.63, 3.8) is 0 Å². The molecule has 138 valence electrons. The molecule has 2 aromatic rings. The van der Waals surface area contributed by atoms with E-state index in [9.17, 15) is 18.4 Å². The molecule has 0 aliphatic rings. The number of rotatable bonds is 7. The SMILES string of the molecule is O=C(COC(=O)/C=C/c1ccc(Br)o1)Nc1ccc(OC(F)F)c(Cl)c1. The van der Waals surface area contributed by atoms with Crippen molar-refractivity contribution in [2.75, 3.05) is 11.9 Å². The van der Waals surface area contributed by atoms with Crippen molar-refractivity contribution >= 4 is 51.2 Å². The predicted octanol–water partition coefficient (Wildman–Crippen LogP) is 4.49. The first-order chi connectivity index (χ1) is 12.3. The molecule has 1 amide bonds. The molecule has 0 aliphatic carbocycles. The highest BCUT2D eigenvalue weighted by molar-refractivity contribution is 9.10. The van der Waals surface area contributed by atoms with Gasteiger partial charge in [0, 0.05) is 11.8 Å². The monoisotopic (exact) mass is 449 g/mol. The van der Waals surface area contributed by atoms with E-state index in [1.54, 1.807) is 12.1 Å². The lowest BCUT2D eigenvalue weighted by atomic mass is 10.3. The summed E-state index contributed by atoms with van der Waals surface area (Å²) in [5, 5.41) is 2.30. The van der Waals surface area contributed by atoms with Gasteiger partial charge in [0.25, 0.3) is 5.91 Å². The summed E-state index contributed by atoms with van der Waals surface area (Å²) in [6, 6.07) is 7.01. The van der Waals surface area contributed by atoms with Crippen molar-refractivity contribution in [1.82, 2.24) is 0 Å². The minimum Gasteiger partial charge on any atom is -0.452 e. The van der Waals surface area contributed by atoms with Crippen molar-refractivity contribution in [2.24, 2.45) is 0 Å². The van der Waals surface area contributed by atoms with E-state index in [1.807, 2.05) is 0 Å². The van der Waals surface area contributed by atoms with Crippen molar-refractivity contribution < 1.29 is 32.3 Å². The summed E-state index contributed by atoms with van der Waals surface area (Å²) < 4.78 is 38.9. The van der Waals surface area contributed by atoms with Crippen LogP contribution in [0.25, 0.3) is 6.08 Å². The number of esters is 1. The van der Waals surface area contributed by atoms with Crippen LogP contribution in [0.3, 0.4) is 0 Å². The summed E-state index contributed by atoms with van der Waals surface area (Å²) in [4.78, 5) is 23.3. The van der Waals surface area contributed by atoms with E-state index in [1.165, 1.54) is 24.3 Å². The number of anilines is 1. The third-order valence-electron chi connectivity index (χ3n) is 2.75. The Morgan fingerprint density at radius 1 is 1.31 bits per heavy atom. The molecule has 0 aliphatic heterocycles. The first-order valence-electron chi connectivity index (χ1n) is 6.98. The van der Waals surface area contributed by atoms with Crippen LogP contribution < -0.4 is 10.1 Å². The molecule has 10 heteroatoms. The fraction of sp³-hybridized carbons (Fsp3) is 0.125. The van der Waals surface area contributed by atoms with Gasteiger partial charge in [-0.05, 0) is 52.3 Å². The molecule has 0 saturated heterocycles. The zero-order valence-electron chi connectivity index (χ0n) is 12.9. The van der Waals surface area contributed by atoms with E-state index in [0.717, 1.165) is 6.08 Å². The number of carbonyl (C=O) groups is 2. The van der Waals surface area contributed by atoms with Gasteiger partial charge in [0.15, 0.2) is 11.3 Å². The van der Waals surface area contributed by atoms with E-state index in [4.69, 9.17) is 20.8 Å². The van der Waals surface area contributed by atoms with Crippen LogP contribution in [-0.4, -0.2) is 25.1 Å². The lowest BCUT2D eigenvalue weighted by molar-refractivity contribution is -0.142. The molecule has 2 rings (SSSR count). The lowest BCUT2D eigenvalue weighted by Crippen LogP contribution is -2.20. The van der Waals surface area contributed by atoms with Crippen molar-refractivity contribution in [1.29, 1.82) is 0 Å². The summed E-state index contributed by atoms with van der Waals surface area (Å²) in [5.41, 5.74) is 0.230. The first kappa shape index (κ1) is 19.9. The van der Waals surface area contributed by atoms with Gasteiger partial charge in [0.05, 0.1) is 5.02 Å². The largest absolute Gasteiger partial charge is 0.452 e. The number of alkyl halides is 2. The average molecular weight is 451 g/mol. The van der Waals surface area contributed by atoms with Gasteiger partial charge in [-0.1, -0.05) is 11.6 Å². The maximum atomic E-state index is 12.1. The Hall–Kier alpha value is -2.39. The summed E-state index contributed by atoms with van der Waals surface area (Å²) in [6.07, 6.45) is 2.48. The summed E-state index contributed by atoms with van der Waals surface area (Å²) in [5.74, 6) is -1.17. The Balaban J connectivity index is 1.82. The summed E-state index contributed by atoms with van der Waals surface area (Å²) in [6.45, 7) is -3.56. The third kappa shape index (κ3) is 6.49. The number of carbonyl (C=O) groups excluding carboxylic acids is 2. The topological polar surface area (TPSA) is 77.8 Å². The highest BCUT2D eigenvalue weighted by Crippen LogP contribution is 2.28. The molecule has 1 N–H and O–H groups in total. The average Bonchev–Trinajstić information content (AvgIpc) is 2.99. The Morgan fingerprint density at radius 2 is 2.08 bits per heavy atom. The van der Waals surface area contributed by atoms with Gasteiger partial charge in [-0.2, -0.15) is 8.78 Å². The molecule has 0 radical (unpaired) electrons. The van der Waals surface area contributed by atoms with E-state index >= 15 is 0 Å². The van der Waals surface area contributed by atoms with E-state index in [0.29, 0.717) is 10.4 Å². The highest BCUT2D eigenvalue weighted by Gasteiger charge is 2.11. The van der Waals surface area contributed by atoms with Gasteiger partial charge < -0.3 is 19.2 Å². The zero-order chi connectivity index (χ0) is 19.1. The molecule has 0 spiro atoms. The second-order valence-corrected chi connectivity index (χ2v) is 5.84. The Bertz CT molecular complexity index is 825. The van der Waals surface area contributed by atoms with Gasteiger partial charge in [0.2, 0.25) is 0 Å². The van der Waals surface area contributed by atoms with Crippen LogP contribution in [-0.2, 0) is 14.3 Å². The molecule has 26 heavy (non-hydrogen) atoms. The van der Waals surface area contributed by atoms with Gasteiger partial charge >= 0.3 is 12.6 Å². The molecule has 1 aromatic heterocycles. The number of furan rings is 1. The maximum Gasteiger partial charge on any atom is 0.387 e. The Kier molecular flexibility index (Phi) is 7.16. The number of halogens is 4. The van der Waals surface area contributed by atoms with Crippen LogP contribution >= 0.6 is 27.5 Å². The van der Waals surface area contributed by atoms with Crippen molar-refractivity contribution in [3.8, 4) is 5.75 Å². The van der Waals surface area contributed by atoms with E-state index in [2.05, 4.69) is 26.0 Å². The second-order valence-electron chi connectivity index (χ2n) is 4.65. The number of benzene rings is 1. The number of nitrogens with one attached hydrogen (secondary N) is 1. The zero-order valence-corrected chi connectivity index (χ0v) is 15.2. The van der Waals surface area contributed by atoms with Crippen molar-refractivity contribution in [2.45, 2.75) is 6.61 Å². The lowest BCUT2D eigenvalue weighted by Gasteiger charge is -2.09. The molecular weight excluding hydrogens is 440 g/mol. The molecular formula is C16H11BrClF2NO5. The molecule has 0 saturated carbocycles. The smallest absolute Gasteiger partial charge is 0.387 e. The minimum atomic E-state index is -3.01. The van der Waals surface area contributed by atoms with Gasteiger partial charge in [-0.15, -0.1) is 0 Å². The molecule has 0 bridgehead atoms. The van der Waals surface area contributed by atoms with Gasteiger partial charge in [-0.3, -0.25) is 4.79 Å². The number of hydrogen-bond acceptors (Lipinski definition) is 5. The van der Waals surface area contributed by atoms with Gasteiger partial charge in [0.1, 0.15) is 11.5 Å². The molecule has 0 unspecified atom stereocenters. The third-order valence-corrected chi connectivity index (χ3v) is 3.48. The normalized spacial score (nSPS) is 11.0. The van der Waals surface area contributed by atoms with Crippen LogP contribution in [0.1, 0.15) is 5.76 Å². The van der Waals surface area contributed by atoms with Crippen LogP contribution in [0.5, 0.6) is 5.75 Å². The second kappa shape index (κ2) is 9.35. The molecule has 0 fully saturated rings. The molecule has 1 aromatic carbocycles. The number of amides is 1. The van der Waals surface area contributed by atoms with Crippen LogP contribution in [0.2, 0.25) is 5.02 Å². The van der Waals surface area contributed by atoms with E-state index < -0.39 is 25.1 Å². The quantitative estimate of drug-likeness (QED) is 0.497. The van der Waals surface area contributed by atoms with Crippen molar-refractivity contribution in [3.05, 3.63) is 51.9 Å². The molecule has 6 nitrogen and oxygen atoms in total. The molecule has 0 atom stereocenters. The molecule has 1 heterocycles. The van der Waals surface area contributed by atoms with Crippen LogP contribution in [0.4, 0.5) is 14.5 Å². The van der Waals surface area contributed by atoms with Gasteiger partial charge in [-0.25, -0.2) is 4.79 Å². The fourth-order valence-electron chi connectivity index (χ4n) is 1.72. The summed E-state index contributed by atoms with van der Waals surface area (Å²) >= 11 is 8.89. The minimum absolute atomic E-state index is 0.104. The summed E-state index contributed by atoms with van der Waals surface area (Å²) in [7, 11) is 0. The highest BCUT2D eigenvalue weighted by atomic mass is 79.9. The standard InChI is InChI=1S/C16H11BrClF2NO5/c17-13-5-2-10(25-13)3-6-15(23)24-8-14(22)21-9-1-4-12(11(18)7-9)26-16(19)20/h1-7,16H,8H2,(H,21,22)/b6-3+. The van der Waals surface area contributed by atoms with E-state index in [-0.39, 0.29) is 16.5 Å². The predicted molar refractivity (Wildman–Crippen MR) is 93.1 cm³/mol. The Labute approximate surface area is 159 Å².